The van der Waals surface area contributed by atoms with E-state index in [1.165, 1.54) is 70.6 Å². The minimum absolute atomic E-state index is 0.0741. The van der Waals surface area contributed by atoms with Crippen molar-refractivity contribution in [3.05, 3.63) is 12.2 Å². The lowest BCUT2D eigenvalue weighted by Crippen LogP contribution is -2.46. The van der Waals surface area contributed by atoms with Gasteiger partial charge in [-0.3, -0.25) is 13.8 Å². The van der Waals surface area contributed by atoms with Gasteiger partial charge < -0.3 is 19.8 Å². The Hall–Kier alpha value is -0.760. The fourth-order valence-corrected chi connectivity index (χ4v) is 5.78. The molecule has 262 valence electrons. The van der Waals surface area contributed by atoms with E-state index >= 15 is 0 Å². The number of carbonyl (C=O) groups excluding carboxylic acids is 1. The lowest BCUT2D eigenvalue weighted by atomic mass is 10.0. The van der Waals surface area contributed by atoms with E-state index in [9.17, 15) is 19.4 Å². The molecule has 3 unspecified atom stereocenters. The van der Waals surface area contributed by atoms with Gasteiger partial charge in [-0.25, -0.2) is 4.57 Å². The summed E-state index contributed by atoms with van der Waals surface area (Å²) in [5.74, 6) is -0.159. The van der Waals surface area contributed by atoms with Crippen molar-refractivity contribution in [3.63, 3.8) is 0 Å². The number of allylic oxidation sites excluding steroid dienone is 2. The number of rotatable bonds is 32. The standard InChI is InChI=1S/C35H71N2O6P/c1-6-8-10-12-14-16-18-19-20-22-24-26-28-34(38)33(32-43-44(40,41)42-31-30-37(3,4)5)36-35(39)29-27-25-23-21-17-15-13-11-9-7-2/h11,13,33-34,38H,6-10,12,14-32H2,1-5H3,(H-,36,39,40,41)/p+1/b13-11-. The molecule has 0 heterocycles. The van der Waals surface area contributed by atoms with Crippen LogP contribution in [0.15, 0.2) is 12.2 Å². The van der Waals surface area contributed by atoms with Crippen molar-refractivity contribution < 1.29 is 32.9 Å². The monoisotopic (exact) mass is 648 g/mol. The van der Waals surface area contributed by atoms with Gasteiger partial charge in [0.1, 0.15) is 13.2 Å². The predicted octanol–water partition coefficient (Wildman–Crippen LogP) is 8.85. The number of carbonyl (C=O) groups is 1. The number of hydrogen-bond acceptors (Lipinski definition) is 5. The molecule has 0 saturated heterocycles. The maximum Gasteiger partial charge on any atom is 0.472 e. The number of nitrogens with one attached hydrogen (secondary N) is 1. The Kier molecular flexibility index (Phi) is 28.0. The van der Waals surface area contributed by atoms with Gasteiger partial charge in [0.2, 0.25) is 5.91 Å². The first-order chi connectivity index (χ1) is 21.0. The normalized spacial score (nSPS) is 15.0. The van der Waals surface area contributed by atoms with Crippen LogP contribution in [0.2, 0.25) is 0 Å². The van der Waals surface area contributed by atoms with Crippen molar-refractivity contribution in [2.75, 3.05) is 40.9 Å². The van der Waals surface area contributed by atoms with Gasteiger partial charge in [0.15, 0.2) is 0 Å². The Bertz CT molecular complexity index is 743. The van der Waals surface area contributed by atoms with Crippen LogP contribution in [0.5, 0.6) is 0 Å². The lowest BCUT2D eigenvalue weighted by molar-refractivity contribution is -0.870. The van der Waals surface area contributed by atoms with Gasteiger partial charge in [0.25, 0.3) is 0 Å². The van der Waals surface area contributed by atoms with Crippen LogP contribution in [-0.2, 0) is 18.4 Å². The largest absolute Gasteiger partial charge is 0.472 e. The molecule has 3 N–H and O–H groups in total. The smallest absolute Gasteiger partial charge is 0.391 e. The highest BCUT2D eigenvalue weighted by Gasteiger charge is 2.28. The van der Waals surface area contributed by atoms with Crippen molar-refractivity contribution in [1.82, 2.24) is 5.32 Å². The van der Waals surface area contributed by atoms with E-state index in [1.807, 2.05) is 21.1 Å². The van der Waals surface area contributed by atoms with Crippen molar-refractivity contribution >= 4 is 13.7 Å². The maximum absolute atomic E-state index is 12.7. The van der Waals surface area contributed by atoms with E-state index in [4.69, 9.17) is 9.05 Å². The summed E-state index contributed by atoms with van der Waals surface area (Å²) in [6, 6.07) is -0.757. The minimum Gasteiger partial charge on any atom is -0.391 e. The van der Waals surface area contributed by atoms with E-state index in [0.717, 1.165) is 57.8 Å². The maximum atomic E-state index is 12.7. The van der Waals surface area contributed by atoms with E-state index < -0.39 is 20.0 Å². The number of amides is 1. The van der Waals surface area contributed by atoms with Crippen LogP contribution >= 0.6 is 7.82 Å². The predicted molar refractivity (Wildman–Crippen MR) is 185 cm³/mol. The van der Waals surface area contributed by atoms with Crippen LogP contribution in [0.4, 0.5) is 0 Å². The first-order valence-electron chi connectivity index (χ1n) is 18.1. The summed E-state index contributed by atoms with van der Waals surface area (Å²) < 4.78 is 23.4. The first-order valence-corrected chi connectivity index (χ1v) is 19.5. The summed E-state index contributed by atoms with van der Waals surface area (Å²) in [6.07, 6.45) is 28.0. The Balaban J connectivity index is 4.52. The molecule has 0 radical (unpaired) electrons. The summed E-state index contributed by atoms with van der Waals surface area (Å²) in [6.45, 7) is 4.79. The number of hydrogen-bond donors (Lipinski definition) is 3. The van der Waals surface area contributed by atoms with E-state index in [2.05, 4.69) is 31.3 Å². The molecule has 0 fully saturated rings. The van der Waals surface area contributed by atoms with Crippen LogP contribution in [0.25, 0.3) is 0 Å². The topological polar surface area (TPSA) is 105 Å². The van der Waals surface area contributed by atoms with E-state index in [1.54, 1.807) is 0 Å². The van der Waals surface area contributed by atoms with Gasteiger partial charge in [-0.15, -0.1) is 0 Å². The van der Waals surface area contributed by atoms with Crippen LogP contribution in [0, 0.1) is 0 Å². The van der Waals surface area contributed by atoms with Gasteiger partial charge in [-0.05, 0) is 32.1 Å². The van der Waals surface area contributed by atoms with E-state index in [0.29, 0.717) is 23.9 Å². The van der Waals surface area contributed by atoms with Gasteiger partial charge in [-0.2, -0.15) is 0 Å². The molecule has 0 aliphatic heterocycles. The third kappa shape index (κ3) is 29.9. The molecule has 0 aliphatic carbocycles. The molecule has 0 aliphatic rings. The fourth-order valence-electron chi connectivity index (χ4n) is 5.05. The molecule has 8 nitrogen and oxygen atoms in total. The van der Waals surface area contributed by atoms with Gasteiger partial charge in [0.05, 0.1) is 39.9 Å². The third-order valence-corrected chi connectivity index (χ3v) is 8.98. The number of nitrogens with zero attached hydrogens (tertiary/aromatic N) is 1. The number of quaternary nitrogens is 1. The SMILES string of the molecule is CCC/C=C\CCCCCCCC(=O)NC(COP(=O)(O)OCC[N+](C)(C)C)C(O)CCCCCCCCCCCCCC. The third-order valence-electron chi connectivity index (χ3n) is 7.99. The summed E-state index contributed by atoms with van der Waals surface area (Å²) in [7, 11) is 1.61. The second kappa shape index (κ2) is 28.5. The Morgan fingerprint density at radius 1 is 0.750 bits per heavy atom. The van der Waals surface area contributed by atoms with Crippen molar-refractivity contribution in [1.29, 1.82) is 0 Å². The molecule has 9 heteroatoms. The molecule has 0 spiro atoms. The summed E-state index contributed by atoms with van der Waals surface area (Å²) in [5.41, 5.74) is 0. The number of likely N-dealkylation sites (N-methyl/N-ethyl adjacent to an activating group) is 1. The molecule has 0 saturated carbocycles. The first kappa shape index (κ1) is 43.2. The minimum atomic E-state index is -4.30. The van der Waals surface area contributed by atoms with Gasteiger partial charge in [-0.1, -0.05) is 129 Å². The average Bonchev–Trinajstić information content (AvgIpc) is 2.95. The number of phosphoric ester groups is 1. The van der Waals surface area contributed by atoms with Crippen LogP contribution < -0.4 is 5.32 Å². The van der Waals surface area contributed by atoms with Crippen LogP contribution in [-0.4, -0.2) is 73.4 Å². The molecular weight excluding hydrogens is 575 g/mol. The number of phosphoric acid groups is 1. The number of unbranched alkanes of at least 4 members (excludes halogenated alkanes) is 17. The summed E-state index contributed by atoms with van der Waals surface area (Å²) >= 11 is 0. The number of aliphatic hydroxyl groups excluding tert-OH is 1. The Morgan fingerprint density at radius 2 is 1.27 bits per heavy atom. The Morgan fingerprint density at radius 3 is 1.84 bits per heavy atom. The summed E-state index contributed by atoms with van der Waals surface area (Å²) in [4.78, 5) is 22.9. The van der Waals surface area contributed by atoms with Gasteiger partial charge in [0, 0.05) is 6.42 Å². The highest BCUT2D eigenvalue weighted by molar-refractivity contribution is 7.47. The molecule has 1 amide bonds. The molecule has 0 aromatic rings. The molecule has 3 atom stereocenters. The summed E-state index contributed by atoms with van der Waals surface area (Å²) in [5, 5.41) is 13.8. The fraction of sp³-hybridized carbons (Fsp3) is 0.914. The second-order valence-corrected chi connectivity index (χ2v) is 15.1. The van der Waals surface area contributed by atoms with Crippen molar-refractivity contribution in [2.24, 2.45) is 0 Å². The van der Waals surface area contributed by atoms with E-state index in [-0.39, 0.29) is 19.1 Å². The Labute approximate surface area is 272 Å². The quantitative estimate of drug-likeness (QED) is 0.0292. The van der Waals surface area contributed by atoms with Crippen LogP contribution in [0.3, 0.4) is 0 Å². The zero-order valence-corrected chi connectivity index (χ0v) is 30.3. The highest BCUT2D eigenvalue weighted by atomic mass is 31.2. The highest BCUT2D eigenvalue weighted by Crippen LogP contribution is 2.43. The molecule has 0 rings (SSSR count). The average molecular weight is 648 g/mol. The van der Waals surface area contributed by atoms with Crippen molar-refractivity contribution in [2.45, 2.75) is 167 Å². The molecule has 0 aromatic carbocycles. The molecule has 0 aromatic heterocycles. The van der Waals surface area contributed by atoms with Crippen molar-refractivity contribution in [3.8, 4) is 0 Å². The lowest BCUT2D eigenvalue weighted by Gasteiger charge is -2.26. The molecule has 0 bridgehead atoms. The molecular formula is C35H72N2O6P+. The number of aliphatic hydroxyl groups is 1. The van der Waals surface area contributed by atoms with Crippen LogP contribution in [0.1, 0.15) is 155 Å². The zero-order valence-electron chi connectivity index (χ0n) is 29.4. The second-order valence-electron chi connectivity index (χ2n) is 13.6. The zero-order chi connectivity index (χ0) is 32.9. The van der Waals surface area contributed by atoms with Gasteiger partial charge >= 0.3 is 7.82 Å². The molecule has 44 heavy (non-hydrogen) atoms.